The number of rotatable bonds is 5. The van der Waals surface area contributed by atoms with Gasteiger partial charge in [0.15, 0.2) is 0 Å². The highest BCUT2D eigenvalue weighted by molar-refractivity contribution is 6.02. The Balaban J connectivity index is 1.56. The van der Waals surface area contributed by atoms with Crippen LogP contribution < -0.4 is 15.5 Å². The number of amides is 1. The summed E-state index contributed by atoms with van der Waals surface area (Å²) in [4.78, 5) is 37.7. The Morgan fingerprint density at radius 3 is 2.17 bits per heavy atom. The van der Waals surface area contributed by atoms with E-state index in [-0.39, 0.29) is 5.39 Å². The lowest BCUT2D eigenvalue weighted by Gasteiger charge is -2.17. The molecule has 0 bridgehead atoms. The first kappa shape index (κ1) is 22.6. The molecular weight excluding hydrogens is 456 g/mol. The second-order valence-electron chi connectivity index (χ2n) is 7.95. The molecule has 2 N–H and O–H groups in total. The van der Waals surface area contributed by atoms with Gasteiger partial charge in [0.25, 0.3) is 0 Å². The summed E-state index contributed by atoms with van der Waals surface area (Å²) in [5.41, 5.74) is 1.13. The van der Waals surface area contributed by atoms with Crippen molar-refractivity contribution in [2.75, 3.05) is 5.32 Å². The van der Waals surface area contributed by atoms with Crippen molar-refractivity contribution < 1.29 is 19.4 Å². The first-order valence-corrected chi connectivity index (χ1v) is 11.1. The van der Waals surface area contributed by atoms with Crippen molar-refractivity contribution in [3.63, 3.8) is 0 Å². The molecule has 0 aliphatic rings. The number of hydrogen-bond acceptors (Lipinski definition) is 4. The predicted octanol–water partition coefficient (Wildman–Crippen LogP) is 6.24. The number of hydrogen-bond donors (Lipinski definition) is 2. The van der Waals surface area contributed by atoms with Gasteiger partial charge in [0.1, 0.15) is 17.1 Å². The van der Waals surface area contributed by atoms with Gasteiger partial charge < -0.3 is 15.2 Å². The molecule has 0 spiro atoms. The van der Waals surface area contributed by atoms with Gasteiger partial charge in [-0.3, -0.25) is 9.36 Å². The third-order valence-electron chi connectivity index (χ3n) is 5.68. The van der Waals surface area contributed by atoms with Crippen molar-refractivity contribution in [1.29, 1.82) is 0 Å². The molecule has 1 heterocycles. The fraction of sp³-hybridized carbons (Fsp3) is 0. The predicted molar refractivity (Wildman–Crippen MR) is 138 cm³/mol. The molecule has 7 heteroatoms. The zero-order valence-corrected chi connectivity index (χ0v) is 18.9. The third-order valence-corrected chi connectivity index (χ3v) is 5.68. The molecule has 0 radical (unpaired) electrons. The summed E-state index contributed by atoms with van der Waals surface area (Å²) in [6, 6.07) is 29.9. The Morgan fingerprint density at radius 2 is 1.39 bits per heavy atom. The lowest BCUT2D eigenvalue weighted by Crippen LogP contribution is -2.25. The van der Waals surface area contributed by atoms with Gasteiger partial charge in [0, 0.05) is 22.7 Å². The molecule has 0 unspecified atom stereocenters. The minimum absolute atomic E-state index is 0.141. The van der Waals surface area contributed by atoms with Crippen LogP contribution in [-0.4, -0.2) is 21.7 Å². The van der Waals surface area contributed by atoms with Crippen molar-refractivity contribution in [1.82, 2.24) is 4.57 Å². The first-order valence-electron chi connectivity index (χ1n) is 11.1. The SMILES string of the molecule is O=C(O)c1cn(C(=O)Nc2ccccc2-c2ccccc2Oc2ccccc2)c2ccccc2c1=O. The van der Waals surface area contributed by atoms with Crippen LogP contribution in [0.15, 0.2) is 114 Å². The standard InChI is InChI=1S/C29H20N2O5/c32-27-22-14-5-8-16-25(22)31(18-23(27)28(33)34)29(35)30-24-15-7-4-12-20(24)21-13-6-9-17-26(21)36-19-10-2-1-3-11-19/h1-18H,(H,30,35)(H,33,34). The van der Waals surface area contributed by atoms with Crippen LogP contribution in [0.5, 0.6) is 11.5 Å². The largest absolute Gasteiger partial charge is 0.477 e. The number of carboxylic acid groups (broad SMARTS) is 1. The zero-order valence-electron chi connectivity index (χ0n) is 18.9. The number of fused-ring (bicyclic) bond motifs is 1. The number of nitrogens with one attached hydrogen (secondary N) is 1. The number of pyridine rings is 1. The van der Waals surface area contributed by atoms with Gasteiger partial charge in [0.05, 0.1) is 11.2 Å². The van der Waals surface area contributed by atoms with Crippen LogP contribution in [0, 0.1) is 0 Å². The number of carbonyl (C=O) groups is 2. The zero-order chi connectivity index (χ0) is 25.1. The molecule has 7 nitrogen and oxygen atoms in total. The molecule has 0 atom stereocenters. The number of benzene rings is 4. The van der Waals surface area contributed by atoms with Crippen molar-refractivity contribution in [3.05, 3.63) is 125 Å². The molecule has 176 valence electrons. The normalized spacial score (nSPS) is 10.7. The number of nitrogens with zero attached hydrogens (tertiary/aromatic N) is 1. The average molecular weight is 476 g/mol. The molecular formula is C29H20N2O5. The Hall–Kier alpha value is -5.17. The van der Waals surface area contributed by atoms with E-state index in [1.807, 2.05) is 66.7 Å². The lowest BCUT2D eigenvalue weighted by molar-refractivity contribution is 0.0695. The Kier molecular flexibility index (Phi) is 6.03. The highest BCUT2D eigenvalue weighted by atomic mass is 16.5. The fourth-order valence-electron chi connectivity index (χ4n) is 3.99. The Bertz CT molecular complexity index is 1660. The summed E-state index contributed by atoms with van der Waals surface area (Å²) >= 11 is 0. The van der Waals surface area contributed by atoms with Crippen LogP contribution in [0.1, 0.15) is 10.4 Å². The number of aromatic nitrogens is 1. The second-order valence-corrected chi connectivity index (χ2v) is 7.95. The van der Waals surface area contributed by atoms with Crippen LogP contribution in [-0.2, 0) is 0 Å². The van der Waals surface area contributed by atoms with E-state index in [1.165, 1.54) is 6.07 Å². The van der Waals surface area contributed by atoms with E-state index in [9.17, 15) is 19.5 Å². The van der Waals surface area contributed by atoms with Crippen LogP contribution in [0.3, 0.4) is 0 Å². The van der Waals surface area contributed by atoms with Gasteiger partial charge >= 0.3 is 12.0 Å². The number of anilines is 1. The summed E-state index contributed by atoms with van der Waals surface area (Å²) in [5, 5.41) is 12.5. The maximum Gasteiger partial charge on any atom is 0.341 e. The van der Waals surface area contributed by atoms with E-state index in [0.717, 1.165) is 16.3 Å². The molecule has 5 aromatic rings. The van der Waals surface area contributed by atoms with Gasteiger partial charge in [-0.2, -0.15) is 0 Å². The summed E-state index contributed by atoms with van der Waals surface area (Å²) in [6.07, 6.45) is 1.05. The topological polar surface area (TPSA) is 97.6 Å². The van der Waals surface area contributed by atoms with Crippen molar-refractivity contribution in [3.8, 4) is 22.6 Å². The highest BCUT2D eigenvalue weighted by Gasteiger charge is 2.19. The molecule has 0 fully saturated rings. The van der Waals surface area contributed by atoms with E-state index in [4.69, 9.17) is 4.74 Å². The monoisotopic (exact) mass is 476 g/mol. The van der Waals surface area contributed by atoms with E-state index < -0.39 is 23.0 Å². The first-order chi connectivity index (χ1) is 17.5. The van der Waals surface area contributed by atoms with Gasteiger partial charge in [-0.1, -0.05) is 66.7 Å². The van der Waals surface area contributed by atoms with E-state index in [0.29, 0.717) is 28.3 Å². The molecule has 0 saturated carbocycles. The van der Waals surface area contributed by atoms with Crippen LogP contribution in [0.2, 0.25) is 0 Å². The molecule has 0 aliphatic carbocycles. The Labute approximate surface area is 205 Å². The van der Waals surface area contributed by atoms with Crippen LogP contribution >= 0.6 is 0 Å². The minimum Gasteiger partial charge on any atom is -0.477 e. The minimum atomic E-state index is -1.40. The number of carboxylic acids is 1. The number of aromatic carboxylic acids is 1. The maximum atomic E-state index is 13.4. The van der Waals surface area contributed by atoms with Crippen LogP contribution in [0.4, 0.5) is 10.5 Å². The van der Waals surface area contributed by atoms with E-state index in [1.54, 1.807) is 30.3 Å². The van der Waals surface area contributed by atoms with Gasteiger partial charge in [-0.15, -0.1) is 0 Å². The van der Waals surface area contributed by atoms with Gasteiger partial charge in [0.2, 0.25) is 5.43 Å². The average Bonchev–Trinajstić information content (AvgIpc) is 2.90. The number of para-hydroxylation sites is 4. The number of ether oxygens (including phenoxy) is 1. The second kappa shape index (κ2) is 9.60. The summed E-state index contributed by atoms with van der Waals surface area (Å²) < 4.78 is 7.25. The van der Waals surface area contributed by atoms with Crippen molar-refractivity contribution in [2.45, 2.75) is 0 Å². The van der Waals surface area contributed by atoms with Gasteiger partial charge in [-0.25, -0.2) is 9.59 Å². The molecule has 1 amide bonds. The molecule has 4 aromatic carbocycles. The van der Waals surface area contributed by atoms with E-state index >= 15 is 0 Å². The smallest absolute Gasteiger partial charge is 0.341 e. The lowest BCUT2D eigenvalue weighted by atomic mass is 10.0. The van der Waals surface area contributed by atoms with Gasteiger partial charge in [-0.05, 0) is 36.4 Å². The van der Waals surface area contributed by atoms with Crippen molar-refractivity contribution >= 4 is 28.6 Å². The summed E-state index contributed by atoms with van der Waals surface area (Å²) in [5.74, 6) is -0.126. The molecule has 0 saturated heterocycles. The van der Waals surface area contributed by atoms with Crippen molar-refractivity contribution in [2.24, 2.45) is 0 Å². The van der Waals surface area contributed by atoms with Crippen LogP contribution in [0.25, 0.3) is 22.0 Å². The maximum absolute atomic E-state index is 13.4. The summed E-state index contributed by atoms with van der Waals surface area (Å²) in [6.45, 7) is 0. The van der Waals surface area contributed by atoms with E-state index in [2.05, 4.69) is 5.32 Å². The molecule has 1 aromatic heterocycles. The quantitative estimate of drug-likeness (QED) is 0.313. The fourth-order valence-corrected chi connectivity index (χ4v) is 3.99. The highest BCUT2D eigenvalue weighted by Crippen LogP contribution is 2.37. The third kappa shape index (κ3) is 4.33. The Morgan fingerprint density at radius 1 is 0.750 bits per heavy atom. The molecule has 5 rings (SSSR count). The molecule has 0 aliphatic heterocycles. The number of carbonyl (C=O) groups excluding carboxylic acids is 1. The molecule has 36 heavy (non-hydrogen) atoms. The summed E-state index contributed by atoms with van der Waals surface area (Å²) in [7, 11) is 0.